The molecule has 6 heteroatoms. The Morgan fingerprint density at radius 3 is 1.89 bits per heavy atom. The lowest BCUT2D eigenvalue weighted by atomic mass is 10.2. The molecular weight excluding hydrogens is 358 g/mol. The first kappa shape index (κ1) is 19.0. The second-order valence-corrected chi connectivity index (χ2v) is 5.94. The maximum atomic E-state index is 13.0. The molecule has 3 aromatic rings. The van der Waals surface area contributed by atoms with Gasteiger partial charge in [0.05, 0.1) is 11.4 Å². The zero-order chi connectivity index (χ0) is 19.9. The Kier molecular flexibility index (Phi) is 5.91. The molecule has 0 radical (unpaired) electrons. The third kappa shape index (κ3) is 4.48. The minimum Gasteiger partial charge on any atom is -0.481 e. The van der Waals surface area contributed by atoms with Crippen LogP contribution in [0.2, 0.25) is 0 Å². The highest BCUT2D eigenvalue weighted by Gasteiger charge is 2.21. The molecular formula is C22H19NO5. The normalized spacial score (nSPS) is 10.2. The van der Waals surface area contributed by atoms with Crippen LogP contribution in [0.25, 0.3) is 0 Å². The van der Waals surface area contributed by atoms with Crippen molar-refractivity contribution < 1.29 is 24.2 Å². The lowest BCUT2D eigenvalue weighted by Crippen LogP contribution is -2.29. The smallest absolute Gasteiger partial charge is 0.424 e. The summed E-state index contributed by atoms with van der Waals surface area (Å²) in [4.78, 5) is 25.2. The summed E-state index contributed by atoms with van der Waals surface area (Å²) >= 11 is 0. The lowest BCUT2D eigenvalue weighted by molar-refractivity contribution is -0.139. The molecule has 3 rings (SSSR count). The van der Waals surface area contributed by atoms with Crippen molar-refractivity contribution in [3.05, 3.63) is 84.4 Å². The summed E-state index contributed by atoms with van der Waals surface area (Å²) in [6, 6.07) is 23.2. The molecule has 1 N–H and O–H groups in total. The van der Waals surface area contributed by atoms with Crippen LogP contribution in [0.3, 0.4) is 0 Å². The number of ether oxygens (including phenoxy) is 2. The summed E-state index contributed by atoms with van der Waals surface area (Å²) in [6.07, 6.45) is -0.587. The number of carboxylic acid groups (broad SMARTS) is 1. The van der Waals surface area contributed by atoms with Gasteiger partial charge in [-0.3, -0.25) is 0 Å². The van der Waals surface area contributed by atoms with Crippen LogP contribution in [0.15, 0.2) is 78.9 Å². The maximum Gasteiger partial charge on any atom is 0.424 e. The molecule has 0 saturated carbocycles. The largest absolute Gasteiger partial charge is 0.481 e. The molecule has 0 unspecified atom stereocenters. The predicted molar refractivity (Wildman–Crippen MR) is 105 cm³/mol. The van der Waals surface area contributed by atoms with Gasteiger partial charge in [0.25, 0.3) is 0 Å². The van der Waals surface area contributed by atoms with Crippen LogP contribution in [0.4, 0.5) is 16.2 Å². The van der Waals surface area contributed by atoms with Gasteiger partial charge < -0.3 is 14.6 Å². The highest BCUT2D eigenvalue weighted by Crippen LogP contribution is 2.30. The van der Waals surface area contributed by atoms with E-state index in [-0.39, 0.29) is 0 Å². The van der Waals surface area contributed by atoms with Crippen LogP contribution in [-0.2, 0) is 4.79 Å². The quantitative estimate of drug-likeness (QED) is 0.668. The lowest BCUT2D eigenvalue weighted by Gasteiger charge is -2.23. The Morgan fingerprint density at radius 1 is 0.821 bits per heavy atom. The van der Waals surface area contributed by atoms with E-state index in [0.29, 0.717) is 28.4 Å². The zero-order valence-corrected chi connectivity index (χ0v) is 15.2. The molecule has 3 aromatic carbocycles. The Labute approximate surface area is 162 Å². The van der Waals surface area contributed by atoms with Crippen LogP contribution < -0.4 is 14.4 Å². The maximum absolute atomic E-state index is 13.0. The number of benzene rings is 3. The molecule has 6 nitrogen and oxygen atoms in total. The SMILES string of the molecule is Cc1c(OCC(=O)O)cccc1OC(=O)N(c1ccccc1)c1ccccc1. The molecule has 0 aliphatic heterocycles. The number of aliphatic carboxylic acids is 1. The van der Waals surface area contributed by atoms with Crippen molar-refractivity contribution in [2.45, 2.75) is 6.92 Å². The minimum atomic E-state index is -1.08. The van der Waals surface area contributed by atoms with Gasteiger partial charge in [-0.1, -0.05) is 42.5 Å². The minimum absolute atomic E-state index is 0.296. The number of carboxylic acids is 1. The monoisotopic (exact) mass is 377 g/mol. The molecule has 0 bridgehead atoms. The molecule has 0 heterocycles. The van der Waals surface area contributed by atoms with Gasteiger partial charge in [0.1, 0.15) is 11.5 Å². The Balaban J connectivity index is 1.89. The summed E-state index contributed by atoms with van der Waals surface area (Å²) < 4.78 is 10.9. The van der Waals surface area contributed by atoms with Crippen LogP contribution in [-0.4, -0.2) is 23.8 Å². The third-order valence-electron chi connectivity index (χ3n) is 3.99. The topological polar surface area (TPSA) is 76.1 Å². The number of carbonyl (C=O) groups is 2. The van der Waals surface area contributed by atoms with Crippen molar-refractivity contribution >= 4 is 23.4 Å². The Morgan fingerprint density at radius 2 is 1.36 bits per heavy atom. The van der Waals surface area contributed by atoms with E-state index in [0.717, 1.165) is 0 Å². The summed E-state index contributed by atoms with van der Waals surface area (Å²) in [6.45, 7) is 1.23. The van der Waals surface area contributed by atoms with Gasteiger partial charge >= 0.3 is 12.1 Å². The first-order valence-electron chi connectivity index (χ1n) is 8.62. The second-order valence-electron chi connectivity index (χ2n) is 5.94. The van der Waals surface area contributed by atoms with E-state index in [1.807, 2.05) is 60.7 Å². The first-order valence-corrected chi connectivity index (χ1v) is 8.62. The van der Waals surface area contributed by atoms with Crippen molar-refractivity contribution in [3.8, 4) is 11.5 Å². The van der Waals surface area contributed by atoms with Gasteiger partial charge in [0.2, 0.25) is 0 Å². The highest BCUT2D eigenvalue weighted by molar-refractivity contribution is 5.97. The first-order chi connectivity index (χ1) is 13.6. The average molecular weight is 377 g/mol. The summed E-state index contributed by atoms with van der Waals surface area (Å²) in [7, 11) is 0. The van der Waals surface area contributed by atoms with E-state index >= 15 is 0 Å². The fraction of sp³-hybridized carbons (Fsp3) is 0.0909. The number of nitrogens with zero attached hydrogens (tertiary/aromatic N) is 1. The number of hydrogen-bond donors (Lipinski definition) is 1. The van der Waals surface area contributed by atoms with Gasteiger partial charge in [-0.05, 0) is 43.3 Å². The van der Waals surface area contributed by atoms with Crippen molar-refractivity contribution in [3.63, 3.8) is 0 Å². The second kappa shape index (κ2) is 8.73. The Hall–Kier alpha value is -3.80. The van der Waals surface area contributed by atoms with E-state index in [4.69, 9.17) is 14.6 Å². The van der Waals surface area contributed by atoms with Crippen LogP contribution in [0.1, 0.15) is 5.56 Å². The van der Waals surface area contributed by atoms with E-state index in [2.05, 4.69) is 0 Å². The highest BCUT2D eigenvalue weighted by atomic mass is 16.6. The average Bonchev–Trinajstić information content (AvgIpc) is 2.70. The summed E-state index contributed by atoms with van der Waals surface area (Å²) in [5.74, 6) is -0.440. The fourth-order valence-corrected chi connectivity index (χ4v) is 2.65. The number of amides is 1. The molecule has 0 saturated heterocycles. The molecule has 0 atom stereocenters. The number of hydrogen-bond acceptors (Lipinski definition) is 4. The van der Waals surface area contributed by atoms with Crippen LogP contribution >= 0.6 is 0 Å². The molecule has 0 aliphatic carbocycles. The van der Waals surface area contributed by atoms with Gasteiger partial charge in [-0.15, -0.1) is 0 Å². The predicted octanol–water partition coefficient (Wildman–Crippen LogP) is 4.80. The fourth-order valence-electron chi connectivity index (χ4n) is 2.65. The number of rotatable bonds is 6. The van der Waals surface area contributed by atoms with E-state index in [1.54, 1.807) is 25.1 Å². The third-order valence-corrected chi connectivity index (χ3v) is 3.99. The molecule has 0 fully saturated rings. The van der Waals surface area contributed by atoms with Gasteiger partial charge in [0.15, 0.2) is 6.61 Å². The number of para-hydroxylation sites is 2. The molecule has 28 heavy (non-hydrogen) atoms. The van der Waals surface area contributed by atoms with Crippen molar-refractivity contribution in [2.75, 3.05) is 11.5 Å². The Bertz CT molecular complexity index is 918. The van der Waals surface area contributed by atoms with E-state index in [1.165, 1.54) is 4.90 Å². The number of anilines is 2. The molecule has 142 valence electrons. The molecule has 1 amide bonds. The van der Waals surface area contributed by atoms with Crippen LogP contribution in [0.5, 0.6) is 11.5 Å². The zero-order valence-electron chi connectivity index (χ0n) is 15.2. The number of carbonyl (C=O) groups excluding carboxylic acids is 1. The van der Waals surface area contributed by atoms with E-state index < -0.39 is 18.7 Å². The van der Waals surface area contributed by atoms with Crippen molar-refractivity contribution in [1.82, 2.24) is 0 Å². The molecule has 0 aliphatic rings. The summed E-state index contributed by atoms with van der Waals surface area (Å²) in [5, 5.41) is 8.79. The van der Waals surface area contributed by atoms with Gasteiger partial charge in [0, 0.05) is 5.56 Å². The molecule has 0 aromatic heterocycles. The van der Waals surface area contributed by atoms with Gasteiger partial charge in [-0.2, -0.15) is 0 Å². The summed E-state index contributed by atoms with van der Waals surface area (Å²) in [5.41, 5.74) is 1.86. The van der Waals surface area contributed by atoms with Gasteiger partial charge in [-0.25, -0.2) is 14.5 Å². The van der Waals surface area contributed by atoms with Crippen molar-refractivity contribution in [1.29, 1.82) is 0 Å². The van der Waals surface area contributed by atoms with E-state index in [9.17, 15) is 9.59 Å². The molecule has 0 spiro atoms. The standard InChI is InChI=1S/C22H19NO5/c1-16-19(27-15-21(24)25)13-8-14-20(16)28-22(26)23(17-9-4-2-5-10-17)18-11-6-3-7-12-18/h2-14H,15H2,1H3,(H,24,25). The van der Waals surface area contributed by atoms with Crippen molar-refractivity contribution in [2.24, 2.45) is 0 Å². The van der Waals surface area contributed by atoms with Crippen LogP contribution in [0, 0.1) is 6.92 Å².